The summed E-state index contributed by atoms with van der Waals surface area (Å²) in [6.45, 7) is 4.07. The number of hydrogen-bond acceptors (Lipinski definition) is 2. The zero-order chi connectivity index (χ0) is 13.5. The van der Waals surface area contributed by atoms with Crippen LogP contribution >= 0.6 is 23.2 Å². The first-order valence-corrected chi connectivity index (χ1v) is 6.45. The lowest BCUT2D eigenvalue weighted by Crippen LogP contribution is -2.32. The van der Waals surface area contributed by atoms with Gasteiger partial charge in [0.1, 0.15) is 5.82 Å². The van der Waals surface area contributed by atoms with E-state index in [0.717, 1.165) is 19.0 Å². The lowest BCUT2D eigenvalue weighted by Gasteiger charge is -2.08. The second kappa shape index (κ2) is 7.56. The lowest BCUT2D eigenvalue weighted by molar-refractivity contribution is 0.0953. The molecule has 0 unspecified atom stereocenters. The van der Waals surface area contributed by atoms with E-state index in [-0.39, 0.29) is 15.6 Å². The van der Waals surface area contributed by atoms with Crippen LogP contribution in [0.3, 0.4) is 0 Å². The summed E-state index contributed by atoms with van der Waals surface area (Å²) in [5, 5.41) is 5.83. The van der Waals surface area contributed by atoms with Crippen LogP contribution in [0.4, 0.5) is 4.39 Å². The van der Waals surface area contributed by atoms with Crippen molar-refractivity contribution in [3.63, 3.8) is 0 Å². The van der Waals surface area contributed by atoms with Gasteiger partial charge < -0.3 is 10.6 Å². The van der Waals surface area contributed by atoms with Gasteiger partial charge in [-0.3, -0.25) is 4.79 Å². The molecule has 0 aromatic heterocycles. The SMILES string of the molecule is CCCNCCNC(=O)c1cc(F)c(Cl)cc1Cl. The van der Waals surface area contributed by atoms with Crippen LogP contribution in [0, 0.1) is 5.82 Å². The predicted octanol–water partition coefficient (Wildman–Crippen LogP) is 2.86. The summed E-state index contributed by atoms with van der Waals surface area (Å²) in [6.07, 6.45) is 1.03. The molecule has 0 aliphatic heterocycles. The van der Waals surface area contributed by atoms with Crippen molar-refractivity contribution in [3.8, 4) is 0 Å². The van der Waals surface area contributed by atoms with Crippen molar-refractivity contribution in [2.75, 3.05) is 19.6 Å². The molecule has 6 heteroatoms. The van der Waals surface area contributed by atoms with Crippen LogP contribution in [0.1, 0.15) is 23.7 Å². The Labute approximate surface area is 116 Å². The number of rotatable bonds is 6. The van der Waals surface area contributed by atoms with E-state index in [2.05, 4.69) is 17.6 Å². The van der Waals surface area contributed by atoms with Gasteiger partial charge in [-0.2, -0.15) is 0 Å². The van der Waals surface area contributed by atoms with Gasteiger partial charge in [0.15, 0.2) is 0 Å². The summed E-state index contributed by atoms with van der Waals surface area (Å²) < 4.78 is 13.2. The Morgan fingerprint density at radius 1 is 1.22 bits per heavy atom. The van der Waals surface area contributed by atoms with E-state index in [1.807, 2.05) is 0 Å². The molecule has 2 N–H and O–H groups in total. The summed E-state index contributed by atoms with van der Waals surface area (Å²) in [6, 6.07) is 2.27. The second-order valence-electron chi connectivity index (χ2n) is 3.75. The molecule has 0 spiro atoms. The number of amides is 1. The molecule has 0 saturated carbocycles. The molecular formula is C12H15Cl2FN2O. The third kappa shape index (κ3) is 4.44. The highest BCUT2D eigenvalue weighted by Crippen LogP contribution is 2.24. The van der Waals surface area contributed by atoms with Crippen LogP contribution in [0.2, 0.25) is 10.0 Å². The topological polar surface area (TPSA) is 41.1 Å². The molecule has 0 saturated heterocycles. The maximum absolute atomic E-state index is 13.2. The number of hydrogen-bond donors (Lipinski definition) is 2. The Hall–Kier alpha value is -0.840. The van der Waals surface area contributed by atoms with E-state index in [1.54, 1.807) is 0 Å². The van der Waals surface area contributed by atoms with E-state index >= 15 is 0 Å². The second-order valence-corrected chi connectivity index (χ2v) is 4.57. The molecule has 1 aromatic carbocycles. The number of halogens is 3. The first-order chi connectivity index (χ1) is 8.56. The number of carbonyl (C=O) groups excluding carboxylic acids is 1. The molecule has 0 bridgehead atoms. The summed E-state index contributed by atoms with van der Waals surface area (Å²) in [5.41, 5.74) is 0.0917. The van der Waals surface area contributed by atoms with Crippen LogP contribution < -0.4 is 10.6 Å². The van der Waals surface area contributed by atoms with Crippen molar-refractivity contribution in [2.24, 2.45) is 0 Å². The minimum absolute atomic E-state index is 0.0917. The maximum atomic E-state index is 13.2. The zero-order valence-electron chi connectivity index (χ0n) is 10.0. The standard InChI is InChI=1S/C12H15Cl2FN2O/c1-2-3-16-4-5-17-12(18)8-6-11(15)10(14)7-9(8)13/h6-7,16H,2-5H2,1H3,(H,17,18). The Balaban J connectivity index is 2.54. The van der Waals surface area contributed by atoms with Crippen LogP contribution in [-0.2, 0) is 0 Å². The van der Waals surface area contributed by atoms with E-state index in [9.17, 15) is 9.18 Å². The molecule has 0 radical (unpaired) electrons. The third-order valence-corrected chi connectivity index (χ3v) is 2.87. The van der Waals surface area contributed by atoms with E-state index in [1.165, 1.54) is 6.07 Å². The molecule has 0 fully saturated rings. The average molecular weight is 293 g/mol. The van der Waals surface area contributed by atoms with Crippen molar-refractivity contribution < 1.29 is 9.18 Å². The van der Waals surface area contributed by atoms with Gasteiger partial charge in [0.05, 0.1) is 15.6 Å². The van der Waals surface area contributed by atoms with Gasteiger partial charge in [0, 0.05) is 13.1 Å². The van der Waals surface area contributed by atoms with Gasteiger partial charge in [-0.1, -0.05) is 30.1 Å². The van der Waals surface area contributed by atoms with E-state index in [4.69, 9.17) is 23.2 Å². The maximum Gasteiger partial charge on any atom is 0.252 e. The normalized spacial score (nSPS) is 10.4. The summed E-state index contributed by atoms with van der Waals surface area (Å²) in [7, 11) is 0. The highest BCUT2D eigenvalue weighted by molar-refractivity contribution is 6.36. The predicted molar refractivity (Wildman–Crippen MR) is 71.9 cm³/mol. The van der Waals surface area contributed by atoms with Crippen molar-refractivity contribution in [3.05, 3.63) is 33.6 Å². The highest BCUT2D eigenvalue weighted by atomic mass is 35.5. The summed E-state index contributed by atoms with van der Waals surface area (Å²) in [5.74, 6) is -1.07. The molecule has 0 heterocycles. The van der Waals surface area contributed by atoms with Gasteiger partial charge in [-0.05, 0) is 25.1 Å². The molecular weight excluding hydrogens is 278 g/mol. The fourth-order valence-corrected chi connectivity index (χ4v) is 1.83. The minimum atomic E-state index is -0.657. The quantitative estimate of drug-likeness (QED) is 0.625. The van der Waals surface area contributed by atoms with Crippen LogP contribution in [-0.4, -0.2) is 25.5 Å². The molecule has 1 aromatic rings. The molecule has 0 aliphatic rings. The van der Waals surface area contributed by atoms with Crippen molar-refractivity contribution in [1.82, 2.24) is 10.6 Å². The lowest BCUT2D eigenvalue weighted by atomic mass is 10.2. The van der Waals surface area contributed by atoms with Crippen LogP contribution in [0.25, 0.3) is 0 Å². The molecule has 1 rings (SSSR count). The Kier molecular flexibility index (Phi) is 6.39. The fourth-order valence-electron chi connectivity index (χ4n) is 1.36. The van der Waals surface area contributed by atoms with Gasteiger partial charge in [0.2, 0.25) is 0 Å². The largest absolute Gasteiger partial charge is 0.351 e. The Bertz CT molecular complexity index is 427. The van der Waals surface area contributed by atoms with Crippen molar-refractivity contribution in [1.29, 1.82) is 0 Å². The van der Waals surface area contributed by atoms with Crippen molar-refractivity contribution >= 4 is 29.1 Å². The smallest absolute Gasteiger partial charge is 0.252 e. The zero-order valence-corrected chi connectivity index (χ0v) is 11.5. The van der Waals surface area contributed by atoms with Crippen molar-refractivity contribution in [2.45, 2.75) is 13.3 Å². The minimum Gasteiger partial charge on any atom is -0.351 e. The number of nitrogens with one attached hydrogen (secondary N) is 2. The third-order valence-electron chi connectivity index (χ3n) is 2.27. The van der Waals surface area contributed by atoms with Gasteiger partial charge >= 0.3 is 0 Å². The molecule has 0 atom stereocenters. The monoisotopic (exact) mass is 292 g/mol. The molecule has 1 amide bonds. The highest BCUT2D eigenvalue weighted by Gasteiger charge is 2.13. The van der Waals surface area contributed by atoms with Crippen LogP contribution in [0.5, 0.6) is 0 Å². The first kappa shape index (κ1) is 15.2. The Morgan fingerprint density at radius 2 is 1.94 bits per heavy atom. The summed E-state index contributed by atoms with van der Waals surface area (Å²) >= 11 is 11.4. The Morgan fingerprint density at radius 3 is 2.61 bits per heavy atom. The van der Waals surface area contributed by atoms with E-state index < -0.39 is 11.7 Å². The molecule has 100 valence electrons. The molecule has 0 aliphatic carbocycles. The average Bonchev–Trinajstić information content (AvgIpc) is 2.33. The first-order valence-electron chi connectivity index (χ1n) is 5.69. The number of carbonyl (C=O) groups is 1. The molecule has 3 nitrogen and oxygen atoms in total. The van der Waals surface area contributed by atoms with Gasteiger partial charge in [-0.15, -0.1) is 0 Å². The molecule has 18 heavy (non-hydrogen) atoms. The fraction of sp³-hybridized carbons (Fsp3) is 0.417. The van der Waals surface area contributed by atoms with Crippen LogP contribution in [0.15, 0.2) is 12.1 Å². The summed E-state index contributed by atoms with van der Waals surface area (Å²) in [4.78, 5) is 11.7. The number of benzene rings is 1. The van der Waals surface area contributed by atoms with Gasteiger partial charge in [-0.25, -0.2) is 4.39 Å². The van der Waals surface area contributed by atoms with Gasteiger partial charge in [0.25, 0.3) is 5.91 Å². The van der Waals surface area contributed by atoms with E-state index in [0.29, 0.717) is 13.1 Å².